The Morgan fingerprint density at radius 1 is 1.00 bits per heavy atom. The van der Waals surface area contributed by atoms with Gasteiger partial charge in [-0.3, -0.25) is 4.79 Å². The lowest BCUT2D eigenvalue weighted by atomic mass is 10.0. The minimum absolute atomic E-state index is 0.0878. The first-order chi connectivity index (χ1) is 15.8. The van der Waals surface area contributed by atoms with E-state index in [1.807, 2.05) is 24.3 Å². The number of carbonyl (C=O) groups excluding carboxylic acids is 1. The Labute approximate surface area is 190 Å². The molecule has 6 nitrogen and oxygen atoms in total. The maximum Gasteiger partial charge on any atom is 0.224 e. The van der Waals surface area contributed by atoms with Crippen molar-refractivity contribution < 1.29 is 9.32 Å². The van der Waals surface area contributed by atoms with Crippen molar-refractivity contribution in [2.75, 3.05) is 23.3 Å². The van der Waals surface area contributed by atoms with Gasteiger partial charge in [0.15, 0.2) is 0 Å². The van der Waals surface area contributed by atoms with Gasteiger partial charge >= 0.3 is 0 Å². The average molecular weight is 433 g/mol. The Hall–Kier alpha value is -3.12. The van der Waals surface area contributed by atoms with Gasteiger partial charge in [0.25, 0.3) is 0 Å². The van der Waals surface area contributed by atoms with E-state index in [9.17, 15) is 4.79 Å². The minimum Gasteiger partial charge on any atom is -0.371 e. The molecule has 2 heterocycles. The largest absolute Gasteiger partial charge is 0.371 e. The van der Waals surface area contributed by atoms with Gasteiger partial charge in [-0.1, -0.05) is 35.5 Å². The lowest BCUT2D eigenvalue weighted by molar-refractivity contribution is -0.116. The van der Waals surface area contributed by atoms with E-state index >= 15 is 0 Å². The van der Waals surface area contributed by atoms with Crippen molar-refractivity contribution >= 4 is 17.3 Å². The van der Waals surface area contributed by atoms with Crippen LogP contribution in [-0.2, 0) is 17.8 Å². The number of hydrogen-bond acceptors (Lipinski definition) is 5. The Bertz CT molecular complexity index is 934. The number of aryl methyl sites for hydroxylation is 1. The molecule has 0 spiro atoms. The van der Waals surface area contributed by atoms with Gasteiger partial charge in [0.05, 0.1) is 5.69 Å². The molecule has 0 atom stereocenters. The van der Waals surface area contributed by atoms with Gasteiger partial charge < -0.3 is 20.1 Å². The molecule has 1 aromatic heterocycles. The number of piperidine rings is 1. The molecule has 1 aliphatic rings. The summed E-state index contributed by atoms with van der Waals surface area (Å²) in [5, 5.41) is 10.5. The van der Waals surface area contributed by atoms with E-state index in [-0.39, 0.29) is 5.91 Å². The van der Waals surface area contributed by atoms with Crippen LogP contribution < -0.4 is 15.5 Å². The number of unbranched alkanes of at least 4 members (excludes halogenated alkanes) is 1. The van der Waals surface area contributed by atoms with Gasteiger partial charge in [0.1, 0.15) is 6.26 Å². The zero-order valence-electron chi connectivity index (χ0n) is 18.5. The molecule has 0 aliphatic carbocycles. The third-order valence-electron chi connectivity index (χ3n) is 6.04. The standard InChI is InChI=1S/C26H32N4O2/c31-26(9-5-4-8-21-6-2-1-3-7-21)28-23-10-12-25(13-11-23)30-17-14-22(15-18-30)27-20-24-16-19-32-29-24/h1-3,6-7,10-13,16,19,22,27H,4-5,8-9,14-15,17-18,20H2,(H,28,31). The molecule has 168 valence electrons. The van der Waals surface area contributed by atoms with E-state index < -0.39 is 0 Å². The van der Waals surface area contributed by atoms with Crippen molar-refractivity contribution in [2.24, 2.45) is 0 Å². The van der Waals surface area contributed by atoms with Gasteiger partial charge in [-0.15, -0.1) is 0 Å². The van der Waals surface area contributed by atoms with Crippen molar-refractivity contribution in [3.63, 3.8) is 0 Å². The molecule has 0 bridgehead atoms. The summed E-state index contributed by atoms with van der Waals surface area (Å²) in [7, 11) is 0. The van der Waals surface area contributed by atoms with Crippen LogP contribution in [0, 0.1) is 0 Å². The van der Waals surface area contributed by atoms with Gasteiger partial charge in [-0.05, 0) is 61.9 Å². The van der Waals surface area contributed by atoms with Gasteiger partial charge in [0, 0.05) is 49.5 Å². The molecule has 32 heavy (non-hydrogen) atoms. The minimum atomic E-state index is 0.0878. The Kier molecular flexibility index (Phi) is 7.93. The summed E-state index contributed by atoms with van der Waals surface area (Å²) in [6, 6.07) is 21.1. The number of aromatic nitrogens is 1. The first kappa shape index (κ1) is 22.1. The van der Waals surface area contributed by atoms with Crippen LogP contribution in [0.15, 0.2) is 71.4 Å². The molecule has 6 heteroatoms. The second-order valence-corrected chi connectivity index (χ2v) is 8.42. The number of hydrogen-bond donors (Lipinski definition) is 2. The zero-order valence-corrected chi connectivity index (χ0v) is 18.5. The van der Waals surface area contributed by atoms with Crippen LogP contribution in [0.3, 0.4) is 0 Å². The van der Waals surface area contributed by atoms with Gasteiger partial charge in [-0.25, -0.2) is 0 Å². The number of nitrogens with one attached hydrogen (secondary N) is 2. The Morgan fingerprint density at radius 3 is 2.50 bits per heavy atom. The van der Waals surface area contributed by atoms with Crippen molar-refractivity contribution in [1.82, 2.24) is 10.5 Å². The van der Waals surface area contributed by atoms with Crippen molar-refractivity contribution in [2.45, 2.75) is 51.1 Å². The highest BCUT2D eigenvalue weighted by atomic mass is 16.5. The van der Waals surface area contributed by atoms with Crippen LogP contribution in [0.2, 0.25) is 0 Å². The number of carbonyl (C=O) groups is 1. The molecule has 1 aliphatic heterocycles. The Balaban J connectivity index is 1.14. The molecular weight excluding hydrogens is 400 g/mol. The van der Waals surface area contributed by atoms with Crippen molar-refractivity contribution in [3.8, 4) is 0 Å². The maximum absolute atomic E-state index is 12.3. The number of anilines is 2. The SMILES string of the molecule is O=C(CCCCc1ccccc1)Nc1ccc(N2CCC(NCc3ccon3)CC2)cc1. The monoisotopic (exact) mass is 432 g/mol. The molecular formula is C26H32N4O2. The molecule has 1 amide bonds. The molecule has 2 N–H and O–H groups in total. The van der Waals surface area contributed by atoms with Gasteiger partial charge in [0.2, 0.25) is 5.91 Å². The molecule has 4 rings (SSSR count). The molecule has 2 aromatic carbocycles. The molecule has 0 saturated carbocycles. The summed E-state index contributed by atoms with van der Waals surface area (Å²) in [5.41, 5.74) is 4.35. The van der Waals surface area contributed by atoms with Crippen LogP contribution in [0.25, 0.3) is 0 Å². The quantitative estimate of drug-likeness (QED) is 0.451. The summed E-state index contributed by atoms with van der Waals surface area (Å²) in [4.78, 5) is 14.7. The van der Waals surface area contributed by atoms with E-state index in [1.54, 1.807) is 6.26 Å². The fourth-order valence-electron chi connectivity index (χ4n) is 4.16. The predicted molar refractivity (Wildman–Crippen MR) is 128 cm³/mol. The third kappa shape index (κ3) is 6.69. The first-order valence-electron chi connectivity index (χ1n) is 11.6. The second kappa shape index (κ2) is 11.5. The van der Waals surface area contributed by atoms with Crippen LogP contribution >= 0.6 is 0 Å². The first-order valence-corrected chi connectivity index (χ1v) is 11.6. The zero-order chi connectivity index (χ0) is 22.0. The van der Waals surface area contributed by atoms with Crippen molar-refractivity contribution in [1.29, 1.82) is 0 Å². The summed E-state index contributed by atoms with van der Waals surface area (Å²) >= 11 is 0. The van der Waals surface area contributed by atoms with Crippen molar-refractivity contribution in [3.05, 3.63) is 78.2 Å². The highest BCUT2D eigenvalue weighted by Gasteiger charge is 2.19. The predicted octanol–water partition coefficient (Wildman–Crippen LogP) is 4.78. The molecule has 0 unspecified atom stereocenters. The fourth-order valence-corrected chi connectivity index (χ4v) is 4.16. The molecule has 3 aromatic rings. The molecule has 1 fully saturated rings. The Morgan fingerprint density at radius 2 is 1.78 bits per heavy atom. The van der Waals surface area contributed by atoms with E-state index in [1.165, 1.54) is 11.3 Å². The highest BCUT2D eigenvalue weighted by molar-refractivity contribution is 5.90. The van der Waals surface area contributed by atoms with E-state index in [0.717, 1.165) is 63.1 Å². The summed E-state index contributed by atoms with van der Waals surface area (Å²) in [6.07, 6.45) is 7.31. The summed E-state index contributed by atoms with van der Waals surface area (Å²) in [5.74, 6) is 0.0878. The molecule has 0 radical (unpaired) electrons. The third-order valence-corrected chi connectivity index (χ3v) is 6.04. The lowest BCUT2D eigenvalue weighted by Crippen LogP contribution is -2.42. The fraction of sp³-hybridized carbons (Fsp3) is 0.385. The van der Waals surface area contributed by atoms with E-state index in [4.69, 9.17) is 4.52 Å². The summed E-state index contributed by atoms with van der Waals surface area (Å²) in [6.45, 7) is 2.79. The van der Waals surface area contributed by atoms with Gasteiger partial charge in [-0.2, -0.15) is 0 Å². The lowest BCUT2D eigenvalue weighted by Gasteiger charge is -2.34. The number of amides is 1. The normalized spacial score (nSPS) is 14.4. The number of rotatable bonds is 10. The summed E-state index contributed by atoms with van der Waals surface area (Å²) < 4.78 is 4.88. The smallest absolute Gasteiger partial charge is 0.224 e. The second-order valence-electron chi connectivity index (χ2n) is 8.42. The number of nitrogens with zero attached hydrogens (tertiary/aromatic N) is 2. The van der Waals surface area contributed by atoms with E-state index in [0.29, 0.717) is 12.5 Å². The topological polar surface area (TPSA) is 70.4 Å². The average Bonchev–Trinajstić information content (AvgIpc) is 3.36. The van der Waals surface area contributed by atoms with Crippen LogP contribution in [0.4, 0.5) is 11.4 Å². The van der Waals surface area contributed by atoms with Crippen LogP contribution in [-0.4, -0.2) is 30.2 Å². The highest BCUT2D eigenvalue weighted by Crippen LogP contribution is 2.22. The maximum atomic E-state index is 12.3. The van der Waals surface area contributed by atoms with E-state index in [2.05, 4.69) is 57.1 Å². The van der Waals surface area contributed by atoms with Crippen LogP contribution in [0.5, 0.6) is 0 Å². The molecule has 1 saturated heterocycles. The van der Waals surface area contributed by atoms with Crippen LogP contribution in [0.1, 0.15) is 43.4 Å². The number of benzene rings is 2.